The lowest BCUT2D eigenvalue weighted by Gasteiger charge is -2.13. The highest BCUT2D eigenvalue weighted by molar-refractivity contribution is 5.26. The Balaban J connectivity index is 1.85. The molecule has 0 amide bonds. The molecule has 3 atom stereocenters. The third kappa shape index (κ3) is 1.83. The summed E-state index contributed by atoms with van der Waals surface area (Å²) in [4.78, 5) is 0. The lowest BCUT2D eigenvalue weighted by Crippen LogP contribution is -2.16. The molecule has 1 aromatic rings. The molecule has 0 aromatic heterocycles. The summed E-state index contributed by atoms with van der Waals surface area (Å²) >= 11 is 0. The molecule has 2 fully saturated rings. The fourth-order valence-corrected chi connectivity index (χ4v) is 3.58. The summed E-state index contributed by atoms with van der Waals surface area (Å²) < 4.78 is 39.7. The molecular weight excluding hydrogens is 239 g/mol. The molecule has 2 N–H and O–H groups in total. The van der Waals surface area contributed by atoms with Crippen LogP contribution in [0.5, 0.6) is 0 Å². The van der Waals surface area contributed by atoms with E-state index in [1.807, 2.05) is 0 Å². The molecule has 0 heterocycles. The third-order valence-electron chi connectivity index (χ3n) is 4.54. The van der Waals surface area contributed by atoms with Gasteiger partial charge in [0.25, 0.3) is 0 Å². The molecule has 0 bridgehead atoms. The first-order valence-electron chi connectivity index (χ1n) is 6.49. The van der Waals surface area contributed by atoms with Gasteiger partial charge in [0.15, 0.2) is 11.6 Å². The number of rotatable bonds is 2. The maximum atomic E-state index is 13.7. The summed E-state index contributed by atoms with van der Waals surface area (Å²) in [5.74, 6) is -1.55. The second-order valence-corrected chi connectivity index (χ2v) is 5.50. The van der Waals surface area contributed by atoms with Crippen LogP contribution in [0, 0.1) is 35.2 Å². The van der Waals surface area contributed by atoms with Crippen molar-refractivity contribution < 1.29 is 13.2 Å². The maximum absolute atomic E-state index is 13.7. The van der Waals surface area contributed by atoms with Crippen molar-refractivity contribution in [2.24, 2.45) is 23.5 Å². The van der Waals surface area contributed by atoms with E-state index in [0.29, 0.717) is 17.9 Å². The first-order chi connectivity index (χ1) is 8.59. The molecule has 2 aliphatic rings. The highest BCUT2D eigenvalue weighted by Gasteiger charge is 2.53. The predicted molar refractivity (Wildman–Crippen MR) is 62.2 cm³/mol. The highest BCUT2D eigenvalue weighted by atomic mass is 19.2. The Morgan fingerprint density at radius 3 is 2.11 bits per heavy atom. The molecule has 3 rings (SSSR count). The average Bonchev–Trinajstić information content (AvgIpc) is 3.07. The van der Waals surface area contributed by atoms with Crippen molar-refractivity contribution in [3.63, 3.8) is 0 Å². The summed E-state index contributed by atoms with van der Waals surface area (Å²) in [5.41, 5.74) is 6.17. The van der Waals surface area contributed by atoms with E-state index in [1.54, 1.807) is 0 Å². The SMILES string of the molecule is NC(c1cc(F)c(F)cc1F)C1C2CCCCC21. The Labute approximate surface area is 104 Å². The van der Waals surface area contributed by atoms with E-state index in [4.69, 9.17) is 5.73 Å². The molecule has 2 aliphatic carbocycles. The van der Waals surface area contributed by atoms with Crippen LogP contribution in [0.2, 0.25) is 0 Å². The molecule has 0 spiro atoms. The van der Waals surface area contributed by atoms with Crippen molar-refractivity contribution in [3.8, 4) is 0 Å². The number of benzene rings is 1. The second-order valence-electron chi connectivity index (χ2n) is 5.50. The fourth-order valence-electron chi connectivity index (χ4n) is 3.58. The van der Waals surface area contributed by atoms with Crippen molar-refractivity contribution in [1.29, 1.82) is 0 Å². The van der Waals surface area contributed by atoms with Gasteiger partial charge in [0, 0.05) is 17.7 Å². The van der Waals surface area contributed by atoms with Crippen LogP contribution in [0.3, 0.4) is 0 Å². The van der Waals surface area contributed by atoms with E-state index in [2.05, 4.69) is 0 Å². The predicted octanol–water partition coefficient (Wildman–Crippen LogP) is 3.54. The first-order valence-corrected chi connectivity index (χ1v) is 6.49. The van der Waals surface area contributed by atoms with Gasteiger partial charge in [0.05, 0.1) is 0 Å². The first kappa shape index (κ1) is 12.0. The molecule has 3 unspecified atom stereocenters. The minimum Gasteiger partial charge on any atom is -0.324 e. The van der Waals surface area contributed by atoms with Crippen molar-refractivity contribution >= 4 is 0 Å². The van der Waals surface area contributed by atoms with Gasteiger partial charge < -0.3 is 5.73 Å². The Morgan fingerprint density at radius 1 is 0.944 bits per heavy atom. The van der Waals surface area contributed by atoms with Gasteiger partial charge in [-0.25, -0.2) is 13.2 Å². The molecule has 4 heteroatoms. The van der Waals surface area contributed by atoms with E-state index in [9.17, 15) is 13.2 Å². The topological polar surface area (TPSA) is 26.0 Å². The van der Waals surface area contributed by atoms with Gasteiger partial charge in [-0.2, -0.15) is 0 Å². The minimum absolute atomic E-state index is 0.119. The van der Waals surface area contributed by atoms with Crippen LogP contribution in [0.25, 0.3) is 0 Å². The normalized spacial score (nSPS) is 31.9. The molecule has 0 saturated heterocycles. The molecule has 1 aromatic carbocycles. The van der Waals surface area contributed by atoms with E-state index in [-0.39, 0.29) is 11.5 Å². The number of hydrogen-bond donors (Lipinski definition) is 1. The lowest BCUT2D eigenvalue weighted by molar-refractivity contribution is 0.471. The molecule has 0 radical (unpaired) electrons. The summed E-state index contributed by atoms with van der Waals surface area (Å²) in [5, 5.41) is 0. The van der Waals surface area contributed by atoms with Crippen molar-refractivity contribution in [3.05, 3.63) is 35.1 Å². The largest absolute Gasteiger partial charge is 0.324 e. The number of halogens is 3. The van der Waals surface area contributed by atoms with E-state index in [0.717, 1.165) is 18.9 Å². The zero-order valence-electron chi connectivity index (χ0n) is 10.0. The van der Waals surface area contributed by atoms with Crippen LogP contribution >= 0.6 is 0 Å². The molecule has 0 aliphatic heterocycles. The van der Waals surface area contributed by atoms with Gasteiger partial charge >= 0.3 is 0 Å². The van der Waals surface area contributed by atoms with Crippen molar-refractivity contribution in [2.45, 2.75) is 31.7 Å². The quantitative estimate of drug-likeness (QED) is 0.804. The number of nitrogens with two attached hydrogens (primary N) is 1. The fraction of sp³-hybridized carbons (Fsp3) is 0.571. The van der Waals surface area contributed by atoms with Gasteiger partial charge in [-0.15, -0.1) is 0 Å². The summed E-state index contributed by atoms with van der Waals surface area (Å²) in [7, 11) is 0. The van der Waals surface area contributed by atoms with Crippen LogP contribution < -0.4 is 5.73 Å². The number of hydrogen-bond acceptors (Lipinski definition) is 1. The van der Waals surface area contributed by atoms with Gasteiger partial charge in [0.1, 0.15) is 5.82 Å². The minimum atomic E-state index is -1.16. The van der Waals surface area contributed by atoms with Crippen LogP contribution in [0.15, 0.2) is 12.1 Å². The molecule has 1 nitrogen and oxygen atoms in total. The van der Waals surface area contributed by atoms with Crippen LogP contribution in [0.4, 0.5) is 13.2 Å². The van der Waals surface area contributed by atoms with Crippen LogP contribution in [-0.4, -0.2) is 0 Å². The molecular formula is C14H16F3N. The lowest BCUT2D eigenvalue weighted by atomic mass is 10.00. The second kappa shape index (κ2) is 4.26. The van der Waals surface area contributed by atoms with E-state index >= 15 is 0 Å². The van der Waals surface area contributed by atoms with Crippen molar-refractivity contribution in [1.82, 2.24) is 0 Å². The zero-order valence-corrected chi connectivity index (χ0v) is 10.0. The zero-order chi connectivity index (χ0) is 12.9. The monoisotopic (exact) mass is 255 g/mol. The highest BCUT2D eigenvalue weighted by Crippen LogP contribution is 2.59. The van der Waals surface area contributed by atoms with Crippen LogP contribution in [0.1, 0.15) is 37.3 Å². The Morgan fingerprint density at radius 2 is 1.50 bits per heavy atom. The maximum Gasteiger partial charge on any atom is 0.161 e. The van der Waals surface area contributed by atoms with Gasteiger partial charge in [0.2, 0.25) is 0 Å². The Kier molecular flexibility index (Phi) is 2.85. The standard InChI is InChI=1S/C14H16F3N/c15-10-6-12(17)11(16)5-9(10)14(18)13-7-3-1-2-4-8(7)13/h5-8,13-14H,1-4,18H2. The smallest absolute Gasteiger partial charge is 0.161 e. The van der Waals surface area contributed by atoms with Crippen LogP contribution in [-0.2, 0) is 0 Å². The van der Waals surface area contributed by atoms with Gasteiger partial charge in [-0.3, -0.25) is 0 Å². The molecule has 98 valence electrons. The summed E-state index contributed by atoms with van der Waals surface area (Å²) in [6.45, 7) is 0. The molecule has 2 saturated carbocycles. The van der Waals surface area contributed by atoms with E-state index in [1.165, 1.54) is 12.8 Å². The Hall–Kier alpha value is -1.03. The van der Waals surface area contributed by atoms with Crippen molar-refractivity contribution in [2.75, 3.05) is 0 Å². The Bertz CT molecular complexity index is 462. The number of fused-ring (bicyclic) bond motifs is 1. The average molecular weight is 255 g/mol. The van der Waals surface area contributed by atoms with E-state index < -0.39 is 23.5 Å². The summed E-state index contributed by atoms with van der Waals surface area (Å²) in [6.07, 6.45) is 4.66. The third-order valence-corrected chi connectivity index (χ3v) is 4.54. The van der Waals surface area contributed by atoms with Gasteiger partial charge in [-0.05, 0) is 36.7 Å². The summed E-state index contributed by atoms with van der Waals surface area (Å²) in [6, 6.07) is 1.00. The van der Waals surface area contributed by atoms with Gasteiger partial charge in [-0.1, -0.05) is 12.8 Å². The molecule has 18 heavy (non-hydrogen) atoms.